The standard InChI is InChI=1S/C12H16N4O/c1-17-9-2-3-11-10(8-9)12(15-14-11)16-6-4-13-5-7-16/h2-3,8,13H,4-7H2,1H3,(H,14,15). The molecule has 3 rings (SSSR count). The minimum absolute atomic E-state index is 0.871. The molecule has 0 spiro atoms. The van der Waals surface area contributed by atoms with E-state index in [0.717, 1.165) is 48.6 Å². The number of rotatable bonds is 2. The van der Waals surface area contributed by atoms with Crippen LogP contribution in [0.5, 0.6) is 5.75 Å². The third-order valence-corrected chi connectivity index (χ3v) is 3.17. The number of nitrogens with zero attached hydrogens (tertiary/aromatic N) is 2. The highest BCUT2D eigenvalue weighted by atomic mass is 16.5. The number of hydrogen-bond donors (Lipinski definition) is 2. The van der Waals surface area contributed by atoms with Gasteiger partial charge >= 0.3 is 0 Å². The summed E-state index contributed by atoms with van der Waals surface area (Å²) in [5.41, 5.74) is 1.05. The van der Waals surface area contributed by atoms with Gasteiger partial charge in [0.05, 0.1) is 12.6 Å². The maximum absolute atomic E-state index is 5.26. The van der Waals surface area contributed by atoms with Crippen molar-refractivity contribution < 1.29 is 4.74 Å². The fraction of sp³-hybridized carbons (Fsp3) is 0.417. The number of anilines is 1. The number of nitrogens with one attached hydrogen (secondary N) is 2. The van der Waals surface area contributed by atoms with Gasteiger partial charge in [-0.05, 0) is 18.2 Å². The van der Waals surface area contributed by atoms with Gasteiger partial charge in [-0.1, -0.05) is 0 Å². The molecule has 5 heteroatoms. The molecule has 0 aliphatic carbocycles. The molecule has 0 bridgehead atoms. The number of hydrogen-bond acceptors (Lipinski definition) is 4. The molecule has 0 amide bonds. The molecule has 1 saturated heterocycles. The number of H-pyrrole nitrogens is 1. The highest BCUT2D eigenvalue weighted by Gasteiger charge is 2.16. The third-order valence-electron chi connectivity index (χ3n) is 3.17. The lowest BCUT2D eigenvalue weighted by molar-refractivity contribution is 0.415. The van der Waals surface area contributed by atoms with Crippen molar-refractivity contribution in [3.8, 4) is 5.75 Å². The summed E-state index contributed by atoms with van der Waals surface area (Å²) in [6.07, 6.45) is 0. The number of methoxy groups -OCH3 is 1. The van der Waals surface area contributed by atoms with Crippen molar-refractivity contribution in [2.24, 2.45) is 0 Å². The van der Waals surface area contributed by atoms with Crippen LogP contribution in [0.4, 0.5) is 5.82 Å². The van der Waals surface area contributed by atoms with E-state index in [4.69, 9.17) is 4.74 Å². The van der Waals surface area contributed by atoms with Crippen LogP contribution in [-0.4, -0.2) is 43.5 Å². The van der Waals surface area contributed by atoms with Gasteiger partial charge in [0.15, 0.2) is 5.82 Å². The zero-order valence-electron chi connectivity index (χ0n) is 9.86. The first-order chi connectivity index (χ1) is 8.38. The Hall–Kier alpha value is -1.75. The lowest BCUT2D eigenvalue weighted by atomic mass is 10.2. The van der Waals surface area contributed by atoms with E-state index in [9.17, 15) is 0 Å². The normalized spacial score (nSPS) is 16.4. The third kappa shape index (κ3) is 1.82. The van der Waals surface area contributed by atoms with Crippen LogP contribution in [0.2, 0.25) is 0 Å². The van der Waals surface area contributed by atoms with Crippen molar-refractivity contribution in [1.82, 2.24) is 15.5 Å². The topological polar surface area (TPSA) is 53.2 Å². The fourth-order valence-electron chi connectivity index (χ4n) is 2.22. The van der Waals surface area contributed by atoms with Crippen LogP contribution >= 0.6 is 0 Å². The van der Waals surface area contributed by atoms with E-state index in [1.54, 1.807) is 7.11 Å². The van der Waals surface area contributed by atoms with Crippen molar-refractivity contribution in [1.29, 1.82) is 0 Å². The van der Waals surface area contributed by atoms with Crippen molar-refractivity contribution in [2.45, 2.75) is 0 Å². The SMILES string of the molecule is COc1ccc2[nH]nc(N3CCNCC3)c2c1. The molecule has 0 atom stereocenters. The summed E-state index contributed by atoms with van der Waals surface area (Å²) in [5.74, 6) is 1.90. The van der Waals surface area contributed by atoms with Gasteiger partial charge in [-0.2, -0.15) is 5.10 Å². The molecule has 1 aromatic heterocycles. The van der Waals surface area contributed by atoms with E-state index in [2.05, 4.69) is 20.4 Å². The second-order valence-electron chi connectivity index (χ2n) is 4.20. The quantitative estimate of drug-likeness (QED) is 0.810. The van der Waals surface area contributed by atoms with Crippen molar-refractivity contribution in [3.05, 3.63) is 18.2 Å². The molecule has 90 valence electrons. The number of aromatic amines is 1. The molecule has 2 heterocycles. The Kier molecular flexibility index (Phi) is 2.60. The molecule has 2 N–H and O–H groups in total. The van der Waals surface area contributed by atoms with Crippen LogP contribution in [-0.2, 0) is 0 Å². The summed E-state index contributed by atoms with van der Waals surface area (Å²) in [4.78, 5) is 2.30. The molecule has 1 aliphatic heterocycles. The summed E-state index contributed by atoms with van der Waals surface area (Å²) in [5, 5.41) is 12.0. The smallest absolute Gasteiger partial charge is 0.158 e. The summed E-state index contributed by atoms with van der Waals surface area (Å²) in [6, 6.07) is 5.99. The number of aromatic nitrogens is 2. The van der Waals surface area contributed by atoms with E-state index in [1.165, 1.54) is 0 Å². The lowest BCUT2D eigenvalue weighted by Gasteiger charge is -2.27. The van der Waals surface area contributed by atoms with Crippen LogP contribution in [0.3, 0.4) is 0 Å². The summed E-state index contributed by atoms with van der Waals surface area (Å²) >= 11 is 0. The van der Waals surface area contributed by atoms with E-state index in [0.29, 0.717) is 0 Å². The lowest BCUT2D eigenvalue weighted by Crippen LogP contribution is -2.43. The minimum Gasteiger partial charge on any atom is -0.497 e. The van der Waals surface area contributed by atoms with Crippen LogP contribution in [0.15, 0.2) is 18.2 Å². The van der Waals surface area contributed by atoms with Gasteiger partial charge in [0.25, 0.3) is 0 Å². The first kappa shape index (κ1) is 10.4. The van der Waals surface area contributed by atoms with Crippen LogP contribution in [0.1, 0.15) is 0 Å². The molecule has 2 aromatic rings. The molecular formula is C12H16N4O. The number of fused-ring (bicyclic) bond motifs is 1. The number of ether oxygens (including phenoxy) is 1. The first-order valence-electron chi connectivity index (χ1n) is 5.86. The van der Waals surface area contributed by atoms with Gasteiger partial charge in [-0.25, -0.2) is 0 Å². The van der Waals surface area contributed by atoms with Crippen LogP contribution < -0.4 is 15.0 Å². The van der Waals surface area contributed by atoms with Crippen molar-refractivity contribution >= 4 is 16.7 Å². The van der Waals surface area contributed by atoms with E-state index in [-0.39, 0.29) is 0 Å². The first-order valence-corrected chi connectivity index (χ1v) is 5.86. The molecule has 5 nitrogen and oxygen atoms in total. The predicted molar refractivity (Wildman–Crippen MR) is 67.7 cm³/mol. The van der Waals surface area contributed by atoms with Crippen LogP contribution in [0.25, 0.3) is 10.9 Å². The second kappa shape index (κ2) is 4.25. The van der Waals surface area contributed by atoms with Gasteiger partial charge < -0.3 is 15.0 Å². The van der Waals surface area contributed by atoms with Crippen molar-refractivity contribution in [3.63, 3.8) is 0 Å². The Morgan fingerprint density at radius 2 is 2.12 bits per heavy atom. The highest BCUT2D eigenvalue weighted by molar-refractivity contribution is 5.91. The summed E-state index contributed by atoms with van der Waals surface area (Å²) < 4.78 is 5.26. The Labute approximate surface area is 99.8 Å². The van der Waals surface area contributed by atoms with Gasteiger partial charge in [0.1, 0.15) is 5.75 Å². The molecule has 0 saturated carbocycles. The van der Waals surface area contributed by atoms with E-state index in [1.807, 2.05) is 18.2 Å². The number of piperazine rings is 1. The Morgan fingerprint density at radius 1 is 1.29 bits per heavy atom. The Bertz CT molecular complexity index is 516. The fourth-order valence-corrected chi connectivity index (χ4v) is 2.22. The molecule has 1 fully saturated rings. The minimum atomic E-state index is 0.871. The molecule has 0 radical (unpaired) electrons. The summed E-state index contributed by atoms with van der Waals surface area (Å²) in [7, 11) is 1.69. The monoisotopic (exact) mass is 232 g/mol. The predicted octanol–water partition coefficient (Wildman–Crippen LogP) is 0.981. The van der Waals surface area contributed by atoms with E-state index < -0.39 is 0 Å². The molecule has 1 aromatic carbocycles. The zero-order valence-corrected chi connectivity index (χ0v) is 9.86. The maximum atomic E-state index is 5.26. The van der Waals surface area contributed by atoms with Crippen molar-refractivity contribution in [2.75, 3.05) is 38.2 Å². The average molecular weight is 232 g/mol. The maximum Gasteiger partial charge on any atom is 0.158 e. The Morgan fingerprint density at radius 3 is 2.88 bits per heavy atom. The second-order valence-corrected chi connectivity index (χ2v) is 4.20. The molecule has 0 unspecified atom stereocenters. The summed E-state index contributed by atoms with van der Waals surface area (Å²) in [6.45, 7) is 4.02. The average Bonchev–Trinajstić information content (AvgIpc) is 2.82. The molecule has 17 heavy (non-hydrogen) atoms. The number of benzene rings is 1. The van der Waals surface area contributed by atoms with Gasteiger partial charge in [0.2, 0.25) is 0 Å². The largest absolute Gasteiger partial charge is 0.497 e. The van der Waals surface area contributed by atoms with Crippen LogP contribution in [0, 0.1) is 0 Å². The van der Waals surface area contributed by atoms with E-state index >= 15 is 0 Å². The van der Waals surface area contributed by atoms with Gasteiger partial charge in [0, 0.05) is 31.6 Å². The Balaban J connectivity index is 2.02. The zero-order chi connectivity index (χ0) is 11.7. The molecule has 1 aliphatic rings. The van der Waals surface area contributed by atoms with Gasteiger partial charge in [-0.3, -0.25) is 5.10 Å². The molecular weight excluding hydrogens is 216 g/mol. The van der Waals surface area contributed by atoms with Gasteiger partial charge in [-0.15, -0.1) is 0 Å². The highest BCUT2D eigenvalue weighted by Crippen LogP contribution is 2.27.